The fraction of sp³-hybridized carbons (Fsp3) is 0.419. The first-order chi connectivity index (χ1) is 17.5. The van der Waals surface area contributed by atoms with Gasteiger partial charge >= 0.3 is 0 Å². The quantitative estimate of drug-likeness (QED) is 0.327. The second kappa shape index (κ2) is 12.2. The summed E-state index contributed by atoms with van der Waals surface area (Å²) in [5.41, 5.74) is 2.29. The Bertz CT molecular complexity index is 1280. The maximum Gasteiger partial charge on any atom is 0.139 e. The molecule has 1 aromatic heterocycles. The van der Waals surface area contributed by atoms with Gasteiger partial charge in [-0.2, -0.15) is 0 Å². The van der Waals surface area contributed by atoms with E-state index in [0.717, 1.165) is 53.2 Å². The van der Waals surface area contributed by atoms with Crippen LogP contribution in [-0.2, 0) is 6.54 Å². The molecule has 1 saturated carbocycles. The first-order valence-electron chi connectivity index (χ1n) is 13.1. The third kappa shape index (κ3) is 6.33. The lowest BCUT2D eigenvalue weighted by molar-refractivity contribution is 0.281. The van der Waals surface area contributed by atoms with Crippen molar-refractivity contribution in [1.29, 1.82) is 0 Å². The van der Waals surface area contributed by atoms with E-state index < -0.39 is 0 Å². The van der Waals surface area contributed by atoms with E-state index in [-0.39, 0.29) is 0 Å². The van der Waals surface area contributed by atoms with Crippen molar-refractivity contribution in [3.63, 3.8) is 0 Å². The molecule has 0 radical (unpaired) electrons. The largest absolute Gasteiger partial charge is 0.496 e. The normalized spacial score (nSPS) is 17.5. The number of rotatable bonds is 6. The van der Waals surface area contributed by atoms with Crippen molar-refractivity contribution in [2.24, 2.45) is 11.8 Å². The third-order valence-corrected chi connectivity index (χ3v) is 7.21. The number of aromatic nitrogens is 2. The first kappa shape index (κ1) is 25.9. The Morgan fingerprint density at radius 2 is 1.58 bits per heavy atom. The van der Waals surface area contributed by atoms with Crippen LogP contribution in [0.15, 0.2) is 60.7 Å². The lowest BCUT2D eigenvalue weighted by atomic mass is 9.83. The fourth-order valence-corrected chi connectivity index (χ4v) is 5.14. The van der Waals surface area contributed by atoms with E-state index in [1.54, 1.807) is 7.11 Å². The SMILES string of the molecule is COc1ccc2ccccc2c1CNCC1CCC(C)CC1.Cc1nc(N(C)C)c2ccccc2n1. The molecule has 5 rings (SSSR count). The van der Waals surface area contributed by atoms with Crippen molar-refractivity contribution < 1.29 is 4.74 Å². The average Bonchev–Trinajstić information content (AvgIpc) is 2.89. The molecule has 5 nitrogen and oxygen atoms in total. The predicted octanol–water partition coefficient (Wildman–Crippen LogP) is 6.77. The highest BCUT2D eigenvalue weighted by Gasteiger charge is 2.18. The smallest absolute Gasteiger partial charge is 0.139 e. The van der Waals surface area contributed by atoms with Crippen molar-refractivity contribution in [3.8, 4) is 5.75 Å². The highest BCUT2D eigenvalue weighted by molar-refractivity contribution is 5.89. The lowest BCUT2D eigenvalue weighted by Gasteiger charge is -2.26. The fourth-order valence-electron chi connectivity index (χ4n) is 5.14. The van der Waals surface area contributed by atoms with Crippen LogP contribution in [-0.4, -0.2) is 37.7 Å². The Hall–Kier alpha value is -3.18. The van der Waals surface area contributed by atoms with Gasteiger partial charge in [0.05, 0.1) is 12.6 Å². The minimum absolute atomic E-state index is 0.812. The molecule has 0 bridgehead atoms. The van der Waals surface area contributed by atoms with Gasteiger partial charge in [-0.3, -0.25) is 0 Å². The highest BCUT2D eigenvalue weighted by atomic mass is 16.5. The van der Waals surface area contributed by atoms with Crippen LogP contribution in [0.2, 0.25) is 0 Å². The Morgan fingerprint density at radius 1 is 0.889 bits per heavy atom. The summed E-state index contributed by atoms with van der Waals surface area (Å²) in [6, 6.07) is 20.8. The molecule has 36 heavy (non-hydrogen) atoms. The number of hydrogen-bond acceptors (Lipinski definition) is 5. The van der Waals surface area contributed by atoms with Crippen LogP contribution in [0.4, 0.5) is 5.82 Å². The summed E-state index contributed by atoms with van der Waals surface area (Å²) in [5, 5.41) is 7.35. The van der Waals surface area contributed by atoms with Crippen molar-refractivity contribution in [1.82, 2.24) is 15.3 Å². The number of para-hydroxylation sites is 1. The summed E-state index contributed by atoms with van der Waals surface area (Å²) in [6.45, 7) is 6.31. The first-order valence-corrected chi connectivity index (χ1v) is 13.1. The number of aryl methyl sites for hydroxylation is 1. The Kier molecular flexibility index (Phi) is 8.76. The van der Waals surface area contributed by atoms with Gasteiger partial charge in [0.25, 0.3) is 0 Å². The van der Waals surface area contributed by atoms with Gasteiger partial charge in [0.15, 0.2) is 0 Å². The average molecular weight is 485 g/mol. The van der Waals surface area contributed by atoms with E-state index in [1.165, 1.54) is 42.0 Å². The van der Waals surface area contributed by atoms with Crippen LogP contribution in [0.5, 0.6) is 5.75 Å². The molecule has 0 spiro atoms. The molecule has 0 amide bonds. The van der Waals surface area contributed by atoms with Crippen molar-refractivity contribution in [2.75, 3.05) is 32.6 Å². The van der Waals surface area contributed by atoms with Crippen LogP contribution in [0.3, 0.4) is 0 Å². The third-order valence-electron chi connectivity index (χ3n) is 7.21. The van der Waals surface area contributed by atoms with Gasteiger partial charge in [0.2, 0.25) is 0 Å². The molecule has 4 aromatic rings. The van der Waals surface area contributed by atoms with Crippen molar-refractivity contribution >= 4 is 27.5 Å². The minimum Gasteiger partial charge on any atom is -0.496 e. The molecule has 1 heterocycles. The second-order valence-electron chi connectivity index (χ2n) is 10.2. The van der Waals surface area contributed by atoms with E-state index >= 15 is 0 Å². The lowest BCUT2D eigenvalue weighted by Crippen LogP contribution is -2.26. The number of benzene rings is 3. The number of nitrogens with zero attached hydrogens (tertiary/aromatic N) is 3. The molecule has 5 heteroatoms. The summed E-state index contributed by atoms with van der Waals surface area (Å²) in [4.78, 5) is 10.8. The van der Waals surface area contributed by atoms with Gasteiger partial charge in [0, 0.05) is 31.6 Å². The zero-order valence-electron chi connectivity index (χ0n) is 22.4. The molecule has 190 valence electrons. The zero-order valence-corrected chi connectivity index (χ0v) is 22.4. The Labute approximate surface area is 215 Å². The number of anilines is 1. The minimum atomic E-state index is 0.812. The molecule has 1 aliphatic carbocycles. The van der Waals surface area contributed by atoms with Gasteiger partial charge in [-0.05, 0) is 67.1 Å². The van der Waals surface area contributed by atoms with Crippen LogP contribution >= 0.6 is 0 Å². The van der Waals surface area contributed by atoms with E-state index in [0.29, 0.717) is 0 Å². The second-order valence-corrected chi connectivity index (χ2v) is 10.2. The number of methoxy groups -OCH3 is 1. The summed E-state index contributed by atoms with van der Waals surface area (Å²) < 4.78 is 5.57. The molecular weight excluding hydrogens is 444 g/mol. The Balaban J connectivity index is 0.000000187. The summed E-state index contributed by atoms with van der Waals surface area (Å²) in [7, 11) is 5.75. The number of hydrogen-bond donors (Lipinski definition) is 1. The number of ether oxygens (including phenoxy) is 1. The van der Waals surface area contributed by atoms with Gasteiger partial charge in [-0.25, -0.2) is 9.97 Å². The predicted molar refractivity (Wildman–Crippen MR) is 152 cm³/mol. The van der Waals surface area contributed by atoms with Crippen molar-refractivity contribution in [3.05, 3.63) is 72.1 Å². The summed E-state index contributed by atoms with van der Waals surface area (Å²) in [5.74, 6) is 4.55. The van der Waals surface area contributed by atoms with Crippen molar-refractivity contribution in [2.45, 2.75) is 46.1 Å². The molecule has 1 N–H and O–H groups in total. The van der Waals surface area contributed by atoms with Gasteiger partial charge < -0.3 is 15.0 Å². The number of fused-ring (bicyclic) bond motifs is 2. The van der Waals surface area contributed by atoms with E-state index in [4.69, 9.17) is 4.74 Å². The monoisotopic (exact) mass is 484 g/mol. The van der Waals surface area contributed by atoms with E-state index in [2.05, 4.69) is 58.6 Å². The zero-order chi connectivity index (χ0) is 25.5. The molecule has 0 unspecified atom stereocenters. The van der Waals surface area contributed by atoms with E-state index in [1.807, 2.05) is 50.2 Å². The van der Waals surface area contributed by atoms with Gasteiger partial charge in [0.1, 0.15) is 17.4 Å². The van der Waals surface area contributed by atoms with Crippen LogP contribution in [0.1, 0.15) is 44.0 Å². The molecular formula is C31H40N4O. The standard InChI is InChI=1S/C20H27NO.C11H13N3/c1-15-7-9-16(10-8-15)13-21-14-19-18-6-4-3-5-17(18)11-12-20(19)22-2;1-8-12-10-7-5-4-6-9(10)11(13-8)14(2)3/h3-6,11-12,15-16,21H,7-10,13-14H2,1-2H3;4-7H,1-3H3. The van der Waals surface area contributed by atoms with E-state index in [9.17, 15) is 0 Å². The molecule has 3 aromatic carbocycles. The van der Waals surface area contributed by atoms with Crippen LogP contribution in [0, 0.1) is 18.8 Å². The van der Waals surface area contributed by atoms with Crippen LogP contribution < -0.4 is 15.0 Å². The topological polar surface area (TPSA) is 50.3 Å². The van der Waals surface area contributed by atoms with Crippen LogP contribution in [0.25, 0.3) is 21.7 Å². The molecule has 0 aliphatic heterocycles. The van der Waals surface area contributed by atoms with Gasteiger partial charge in [-0.15, -0.1) is 0 Å². The maximum atomic E-state index is 5.57. The molecule has 0 atom stereocenters. The van der Waals surface area contributed by atoms with Gasteiger partial charge in [-0.1, -0.05) is 62.2 Å². The Morgan fingerprint density at radius 3 is 2.31 bits per heavy atom. The highest BCUT2D eigenvalue weighted by Crippen LogP contribution is 2.30. The number of nitrogens with one attached hydrogen (secondary N) is 1. The summed E-state index contributed by atoms with van der Waals surface area (Å²) >= 11 is 0. The molecule has 1 fully saturated rings. The molecule has 1 aliphatic rings. The summed E-state index contributed by atoms with van der Waals surface area (Å²) in [6.07, 6.45) is 5.54. The molecule has 0 saturated heterocycles. The maximum absolute atomic E-state index is 5.57.